The number of hydrogen-bond acceptors (Lipinski definition) is 5. The molecule has 0 aromatic carbocycles. The van der Waals surface area contributed by atoms with Gasteiger partial charge in [-0.05, 0) is 24.8 Å². The van der Waals surface area contributed by atoms with Crippen molar-refractivity contribution in [3.8, 4) is 0 Å². The summed E-state index contributed by atoms with van der Waals surface area (Å²) in [5.41, 5.74) is 6.27. The lowest BCUT2D eigenvalue weighted by molar-refractivity contribution is 0.473. The van der Waals surface area contributed by atoms with E-state index in [2.05, 4.69) is 5.10 Å². The van der Waals surface area contributed by atoms with E-state index in [-0.39, 0.29) is 10.7 Å². The van der Waals surface area contributed by atoms with Gasteiger partial charge in [-0.15, -0.1) is 11.3 Å². The highest BCUT2D eigenvalue weighted by atomic mass is 32.2. The predicted octanol–water partition coefficient (Wildman–Crippen LogP) is 1.24. The first-order valence-electron chi connectivity index (χ1n) is 6.12. The molecule has 0 unspecified atom stereocenters. The molecule has 2 heterocycles. The van der Waals surface area contributed by atoms with Crippen LogP contribution in [0.25, 0.3) is 0 Å². The zero-order chi connectivity index (χ0) is 14.9. The molecule has 2 N–H and O–H groups in total. The van der Waals surface area contributed by atoms with E-state index >= 15 is 0 Å². The van der Waals surface area contributed by atoms with Gasteiger partial charge in [-0.1, -0.05) is 6.07 Å². The van der Waals surface area contributed by atoms with Crippen LogP contribution in [0.15, 0.2) is 22.4 Å². The van der Waals surface area contributed by atoms with Crippen LogP contribution >= 0.6 is 11.3 Å². The number of thiophene rings is 1. The Bertz CT molecular complexity index is 689. The maximum Gasteiger partial charge on any atom is 0.248 e. The maximum absolute atomic E-state index is 12.5. The number of sulfonamides is 1. The number of aryl methyl sites for hydroxylation is 1. The van der Waals surface area contributed by atoms with Gasteiger partial charge in [0.1, 0.15) is 4.90 Å². The summed E-state index contributed by atoms with van der Waals surface area (Å²) in [5, 5.41) is 5.94. The number of hydrogen-bond donors (Lipinski definition) is 1. The molecule has 0 amide bonds. The summed E-state index contributed by atoms with van der Waals surface area (Å²) in [6.45, 7) is 2.11. The Labute approximate surface area is 122 Å². The quantitative estimate of drug-likeness (QED) is 0.900. The highest BCUT2D eigenvalue weighted by molar-refractivity contribution is 7.89. The van der Waals surface area contributed by atoms with E-state index in [0.29, 0.717) is 18.7 Å². The summed E-state index contributed by atoms with van der Waals surface area (Å²) in [5.74, 6) is 0.0490. The van der Waals surface area contributed by atoms with E-state index in [4.69, 9.17) is 5.73 Å². The number of aromatic nitrogens is 2. The van der Waals surface area contributed by atoms with Crippen molar-refractivity contribution in [3.63, 3.8) is 0 Å². The average Bonchev–Trinajstić information content (AvgIpc) is 2.96. The van der Waals surface area contributed by atoms with Gasteiger partial charge in [-0.2, -0.15) is 5.10 Å². The third-order valence-electron chi connectivity index (χ3n) is 3.23. The Morgan fingerprint density at radius 2 is 2.20 bits per heavy atom. The highest BCUT2D eigenvalue weighted by Crippen LogP contribution is 2.24. The average molecular weight is 314 g/mol. The molecular formula is C12H18N4O2S2. The molecule has 0 fully saturated rings. The van der Waals surface area contributed by atoms with Crippen molar-refractivity contribution in [1.29, 1.82) is 0 Å². The van der Waals surface area contributed by atoms with Gasteiger partial charge in [-0.3, -0.25) is 4.68 Å². The molecule has 0 saturated heterocycles. The first-order valence-corrected chi connectivity index (χ1v) is 8.44. The van der Waals surface area contributed by atoms with Crippen LogP contribution in [0.4, 0.5) is 5.82 Å². The van der Waals surface area contributed by atoms with E-state index in [0.717, 1.165) is 4.88 Å². The first kappa shape index (κ1) is 15.0. The van der Waals surface area contributed by atoms with Crippen molar-refractivity contribution in [2.75, 3.05) is 19.3 Å². The number of nitrogen functional groups attached to an aromatic ring is 1. The lowest BCUT2D eigenvalue weighted by atomic mass is 10.3. The van der Waals surface area contributed by atoms with Gasteiger partial charge < -0.3 is 5.73 Å². The fourth-order valence-electron chi connectivity index (χ4n) is 1.93. The van der Waals surface area contributed by atoms with Gasteiger partial charge in [0.2, 0.25) is 10.0 Å². The minimum Gasteiger partial charge on any atom is -0.381 e. The summed E-state index contributed by atoms with van der Waals surface area (Å²) in [6, 6.07) is 3.95. The van der Waals surface area contributed by atoms with Gasteiger partial charge in [0, 0.05) is 25.5 Å². The largest absolute Gasteiger partial charge is 0.381 e. The molecule has 0 spiro atoms. The topological polar surface area (TPSA) is 81.2 Å². The van der Waals surface area contributed by atoms with Crippen molar-refractivity contribution in [1.82, 2.24) is 14.1 Å². The SMILES string of the molecule is Cc1c(S(=O)(=O)N(C)CCc2cccs2)c(N)nn1C. The number of nitrogens with two attached hydrogens (primary N) is 1. The van der Waals surface area contributed by atoms with E-state index in [1.54, 1.807) is 32.4 Å². The fourth-order valence-corrected chi connectivity index (χ4v) is 4.08. The summed E-state index contributed by atoms with van der Waals surface area (Å²) in [6.07, 6.45) is 0.687. The monoisotopic (exact) mass is 314 g/mol. The number of rotatable bonds is 5. The Morgan fingerprint density at radius 1 is 1.50 bits per heavy atom. The van der Waals surface area contributed by atoms with Crippen LogP contribution in [0.3, 0.4) is 0 Å². The minimum absolute atomic E-state index is 0.0490. The molecule has 0 atom stereocenters. The van der Waals surface area contributed by atoms with Crippen LogP contribution in [-0.4, -0.2) is 36.1 Å². The second kappa shape index (κ2) is 5.55. The summed E-state index contributed by atoms with van der Waals surface area (Å²) in [4.78, 5) is 1.26. The van der Waals surface area contributed by atoms with Gasteiger partial charge in [0.15, 0.2) is 5.82 Å². The number of nitrogens with zero attached hydrogens (tertiary/aromatic N) is 3. The molecule has 0 radical (unpaired) electrons. The minimum atomic E-state index is -3.60. The van der Waals surface area contributed by atoms with Crippen LogP contribution in [0.1, 0.15) is 10.6 Å². The van der Waals surface area contributed by atoms with Crippen molar-refractivity contribution < 1.29 is 8.42 Å². The molecule has 0 aliphatic carbocycles. The molecule has 110 valence electrons. The van der Waals surface area contributed by atoms with Crippen LogP contribution in [0, 0.1) is 6.92 Å². The Hall–Kier alpha value is -1.38. The van der Waals surface area contributed by atoms with E-state index < -0.39 is 10.0 Å². The lowest BCUT2D eigenvalue weighted by Gasteiger charge is -2.16. The van der Waals surface area contributed by atoms with Crippen LogP contribution in [-0.2, 0) is 23.5 Å². The lowest BCUT2D eigenvalue weighted by Crippen LogP contribution is -2.29. The maximum atomic E-state index is 12.5. The molecule has 0 aliphatic heterocycles. The summed E-state index contributed by atoms with van der Waals surface area (Å²) >= 11 is 1.62. The van der Waals surface area contributed by atoms with Crippen molar-refractivity contribution >= 4 is 27.2 Å². The summed E-state index contributed by atoms with van der Waals surface area (Å²) < 4.78 is 27.9. The highest BCUT2D eigenvalue weighted by Gasteiger charge is 2.28. The van der Waals surface area contributed by atoms with E-state index in [9.17, 15) is 8.42 Å². The smallest absolute Gasteiger partial charge is 0.248 e. The standard InChI is InChI=1S/C12H18N4O2S2/c1-9-11(12(13)14-16(9)3)20(17,18)15(2)7-6-10-5-4-8-19-10/h4-5,8H,6-7H2,1-3H3,(H2,13,14). The zero-order valence-corrected chi connectivity index (χ0v) is 13.3. The van der Waals surface area contributed by atoms with Crippen molar-refractivity contribution in [2.24, 2.45) is 7.05 Å². The third kappa shape index (κ3) is 2.72. The molecular weight excluding hydrogens is 296 g/mol. The van der Waals surface area contributed by atoms with Gasteiger partial charge in [0.05, 0.1) is 5.69 Å². The predicted molar refractivity (Wildman–Crippen MR) is 80.2 cm³/mol. The second-order valence-corrected chi connectivity index (χ2v) is 7.59. The molecule has 2 aromatic rings. The molecule has 20 heavy (non-hydrogen) atoms. The first-order chi connectivity index (χ1) is 9.34. The second-order valence-electron chi connectivity index (χ2n) is 4.58. The molecule has 0 saturated carbocycles. The number of likely N-dealkylation sites (N-methyl/N-ethyl adjacent to an activating group) is 1. The molecule has 0 bridgehead atoms. The Morgan fingerprint density at radius 3 is 2.70 bits per heavy atom. The molecule has 8 heteroatoms. The van der Waals surface area contributed by atoms with Gasteiger partial charge >= 0.3 is 0 Å². The van der Waals surface area contributed by atoms with Gasteiger partial charge in [-0.25, -0.2) is 12.7 Å². The van der Waals surface area contributed by atoms with Crippen molar-refractivity contribution in [3.05, 3.63) is 28.1 Å². The van der Waals surface area contributed by atoms with E-state index in [1.165, 1.54) is 8.99 Å². The number of anilines is 1. The molecule has 2 aromatic heterocycles. The fraction of sp³-hybridized carbons (Fsp3) is 0.417. The molecule has 6 nitrogen and oxygen atoms in total. The molecule has 2 rings (SSSR count). The normalized spacial score (nSPS) is 12.2. The van der Waals surface area contributed by atoms with Crippen LogP contribution in [0.5, 0.6) is 0 Å². The Balaban J connectivity index is 2.21. The third-order valence-corrected chi connectivity index (χ3v) is 6.19. The van der Waals surface area contributed by atoms with E-state index in [1.807, 2.05) is 17.5 Å². The zero-order valence-electron chi connectivity index (χ0n) is 11.7. The van der Waals surface area contributed by atoms with Crippen molar-refractivity contribution in [2.45, 2.75) is 18.2 Å². The summed E-state index contributed by atoms with van der Waals surface area (Å²) in [7, 11) is -0.362. The van der Waals surface area contributed by atoms with Crippen LogP contribution < -0.4 is 5.73 Å². The van der Waals surface area contributed by atoms with Gasteiger partial charge in [0.25, 0.3) is 0 Å². The molecule has 0 aliphatic rings. The van der Waals surface area contributed by atoms with Crippen LogP contribution in [0.2, 0.25) is 0 Å². The Kier molecular flexibility index (Phi) is 4.17.